The minimum Gasteiger partial charge on any atom is -0.445 e. The van der Waals surface area contributed by atoms with Crippen LogP contribution >= 0.6 is 11.6 Å². The Morgan fingerprint density at radius 2 is 1.92 bits per heavy atom. The number of ether oxygens (including phenoxy) is 1. The maximum atomic E-state index is 13.7. The highest BCUT2D eigenvalue weighted by Gasteiger charge is 2.21. The van der Waals surface area contributed by atoms with E-state index >= 15 is 0 Å². The van der Waals surface area contributed by atoms with E-state index in [2.05, 4.69) is 5.32 Å². The molecule has 0 spiro atoms. The van der Waals surface area contributed by atoms with Crippen molar-refractivity contribution in [3.63, 3.8) is 0 Å². The largest absolute Gasteiger partial charge is 0.445 e. The fourth-order valence-corrected chi connectivity index (χ4v) is 2.36. The van der Waals surface area contributed by atoms with E-state index in [1.54, 1.807) is 0 Å². The molecule has 2 aromatic carbocycles. The van der Waals surface area contributed by atoms with Crippen molar-refractivity contribution in [3.05, 3.63) is 70.5 Å². The summed E-state index contributed by atoms with van der Waals surface area (Å²) in [6.45, 7) is 0.203. The number of aliphatic hydroxyl groups excluding tert-OH is 2. The van der Waals surface area contributed by atoms with Crippen LogP contribution in [0.1, 0.15) is 23.7 Å². The maximum Gasteiger partial charge on any atom is 0.407 e. The average Bonchev–Trinajstić information content (AvgIpc) is 2.60. The van der Waals surface area contributed by atoms with Crippen molar-refractivity contribution in [2.45, 2.75) is 25.2 Å². The van der Waals surface area contributed by atoms with E-state index in [-0.39, 0.29) is 30.2 Å². The minimum absolute atomic E-state index is 0.0314. The first kappa shape index (κ1) is 19.2. The fourth-order valence-electron chi connectivity index (χ4n) is 2.20. The average molecular weight is 368 g/mol. The number of hydrogen-bond acceptors (Lipinski definition) is 4. The summed E-state index contributed by atoms with van der Waals surface area (Å²) < 4.78 is 18.7. The number of carbonyl (C=O) groups excluding carboxylic acids is 1. The molecular formula is C18H19ClFNO4. The van der Waals surface area contributed by atoms with Gasteiger partial charge in [-0.2, -0.15) is 0 Å². The number of benzene rings is 2. The highest BCUT2D eigenvalue weighted by Crippen LogP contribution is 2.24. The van der Waals surface area contributed by atoms with E-state index in [1.807, 2.05) is 30.3 Å². The van der Waals surface area contributed by atoms with Gasteiger partial charge in [-0.25, -0.2) is 9.18 Å². The van der Waals surface area contributed by atoms with E-state index < -0.39 is 24.1 Å². The molecule has 2 aromatic rings. The molecule has 0 aliphatic rings. The molecule has 0 aliphatic heterocycles. The molecule has 0 aromatic heterocycles. The summed E-state index contributed by atoms with van der Waals surface area (Å²) in [5.74, 6) is -0.700. The predicted molar refractivity (Wildman–Crippen MR) is 91.6 cm³/mol. The maximum absolute atomic E-state index is 13.7. The van der Waals surface area contributed by atoms with Gasteiger partial charge in [-0.05, 0) is 24.1 Å². The third-order valence-electron chi connectivity index (χ3n) is 3.57. The Labute approximate surface area is 150 Å². The molecule has 5 nitrogen and oxygen atoms in total. The summed E-state index contributed by atoms with van der Waals surface area (Å²) in [5.41, 5.74) is 0.801. The van der Waals surface area contributed by atoms with Gasteiger partial charge in [0.25, 0.3) is 0 Å². The standard InChI is InChI=1S/C18H19ClFNO4/c19-13-6-7-14(15(20)10-13)17(23)16(22)8-9-21-18(24)25-11-12-4-2-1-3-5-12/h1-7,10,16-17,22-23H,8-9,11H2,(H,21,24). The smallest absolute Gasteiger partial charge is 0.407 e. The Hall–Kier alpha value is -2.15. The molecule has 0 saturated carbocycles. The summed E-state index contributed by atoms with van der Waals surface area (Å²) in [4.78, 5) is 11.6. The van der Waals surface area contributed by atoms with Gasteiger partial charge in [0, 0.05) is 17.1 Å². The van der Waals surface area contributed by atoms with Crippen LogP contribution in [-0.4, -0.2) is 29.0 Å². The van der Waals surface area contributed by atoms with Crippen LogP contribution in [0.5, 0.6) is 0 Å². The van der Waals surface area contributed by atoms with Crippen LogP contribution in [-0.2, 0) is 11.3 Å². The fraction of sp³-hybridized carbons (Fsp3) is 0.278. The van der Waals surface area contributed by atoms with Gasteiger partial charge >= 0.3 is 6.09 Å². The van der Waals surface area contributed by atoms with Crippen molar-refractivity contribution in [1.82, 2.24) is 5.32 Å². The number of halogens is 2. The monoisotopic (exact) mass is 367 g/mol. The van der Waals surface area contributed by atoms with Gasteiger partial charge < -0.3 is 20.3 Å². The van der Waals surface area contributed by atoms with Crippen molar-refractivity contribution in [3.8, 4) is 0 Å². The Bertz CT molecular complexity index is 699. The Morgan fingerprint density at radius 1 is 1.20 bits per heavy atom. The lowest BCUT2D eigenvalue weighted by Gasteiger charge is -2.19. The summed E-state index contributed by atoms with van der Waals surface area (Å²) >= 11 is 5.65. The van der Waals surface area contributed by atoms with Crippen LogP contribution in [0.15, 0.2) is 48.5 Å². The molecule has 3 N–H and O–H groups in total. The third-order valence-corrected chi connectivity index (χ3v) is 3.80. The van der Waals surface area contributed by atoms with Gasteiger partial charge in [-0.1, -0.05) is 48.0 Å². The van der Waals surface area contributed by atoms with Gasteiger partial charge in [0.1, 0.15) is 18.5 Å². The van der Waals surface area contributed by atoms with E-state index in [4.69, 9.17) is 16.3 Å². The molecule has 134 valence electrons. The van der Waals surface area contributed by atoms with Crippen LogP contribution in [0.25, 0.3) is 0 Å². The molecule has 0 bridgehead atoms. The van der Waals surface area contributed by atoms with Crippen LogP contribution in [0.2, 0.25) is 5.02 Å². The zero-order valence-electron chi connectivity index (χ0n) is 13.4. The molecular weight excluding hydrogens is 349 g/mol. The van der Waals surface area contributed by atoms with E-state index in [0.717, 1.165) is 11.6 Å². The lowest BCUT2D eigenvalue weighted by molar-refractivity contribution is 0.0116. The molecule has 7 heteroatoms. The van der Waals surface area contributed by atoms with E-state index in [1.165, 1.54) is 12.1 Å². The normalized spacial score (nSPS) is 13.1. The highest BCUT2D eigenvalue weighted by molar-refractivity contribution is 6.30. The second-order valence-corrected chi connectivity index (χ2v) is 5.89. The predicted octanol–water partition coefficient (Wildman–Crippen LogP) is 3.19. The van der Waals surface area contributed by atoms with Gasteiger partial charge in [-0.15, -0.1) is 0 Å². The molecule has 25 heavy (non-hydrogen) atoms. The van der Waals surface area contributed by atoms with E-state index in [9.17, 15) is 19.4 Å². The van der Waals surface area contributed by atoms with Crippen LogP contribution in [0, 0.1) is 5.82 Å². The number of nitrogens with one attached hydrogen (secondary N) is 1. The summed E-state index contributed by atoms with van der Waals surface area (Å²) in [6.07, 6.45) is -3.27. The van der Waals surface area contributed by atoms with Crippen molar-refractivity contribution in [2.24, 2.45) is 0 Å². The molecule has 2 unspecified atom stereocenters. The lowest BCUT2D eigenvalue weighted by Crippen LogP contribution is -2.30. The molecule has 0 aliphatic carbocycles. The van der Waals surface area contributed by atoms with Gasteiger partial charge in [-0.3, -0.25) is 0 Å². The Kier molecular flexibility index (Phi) is 7.18. The van der Waals surface area contributed by atoms with Crippen molar-refractivity contribution in [2.75, 3.05) is 6.54 Å². The minimum atomic E-state index is -1.42. The molecule has 0 heterocycles. The molecule has 0 fully saturated rings. The number of alkyl carbamates (subject to hydrolysis) is 1. The quantitative estimate of drug-likeness (QED) is 0.702. The first-order valence-electron chi connectivity index (χ1n) is 7.73. The van der Waals surface area contributed by atoms with Crippen molar-refractivity contribution >= 4 is 17.7 Å². The number of carbonyl (C=O) groups is 1. The Morgan fingerprint density at radius 3 is 2.60 bits per heavy atom. The molecule has 0 saturated heterocycles. The number of hydrogen-bond donors (Lipinski definition) is 3. The van der Waals surface area contributed by atoms with Gasteiger partial charge in [0.2, 0.25) is 0 Å². The molecule has 0 radical (unpaired) electrons. The third kappa shape index (κ3) is 6.01. The second kappa shape index (κ2) is 9.36. The van der Waals surface area contributed by atoms with Gasteiger partial charge in [0.15, 0.2) is 0 Å². The SMILES string of the molecule is O=C(NCCC(O)C(O)c1ccc(Cl)cc1F)OCc1ccccc1. The highest BCUT2D eigenvalue weighted by atomic mass is 35.5. The number of rotatable bonds is 7. The first-order chi connectivity index (χ1) is 12.0. The van der Waals surface area contributed by atoms with Crippen molar-refractivity contribution in [1.29, 1.82) is 0 Å². The number of aliphatic hydroxyl groups is 2. The van der Waals surface area contributed by atoms with Crippen LogP contribution in [0.3, 0.4) is 0 Å². The summed E-state index contributed by atoms with van der Waals surface area (Å²) in [7, 11) is 0. The van der Waals surface area contributed by atoms with Crippen molar-refractivity contribution < 1.29 is 24.1 Å². The van der Waals surface area contributed by atoms with Gasteiger partial charge in [0.05, 0.1) is 6.10 Å². The van der Waals surface area contributed by atoms with E-state index in [0.29, 0.717) is 0 Å². The molecule has 2 atom stereocenters. The number of amides is 1. The van der Waals surface area contributed by atoms with Crippen LogP contribution in [0.4, 0.5) is 9.18 Å². The second-order valence-electron chi connectivity index (χ2n) is 5.46. The summed E-state index contributed by atoms with van der Waals surface area (Å²) in [5, 5.41) is 22.6. The summed E-state index contributed by atoms with van der Waals surface area (Å²) in [6, 6.07) is 13.0. The van der Waals surface area contributed by atoms with Crippen LogP contribution < -0.4 is 5.32 Å². The zero-order valence-corrected chi connectivity index (χ0v) is 14.1. The molecule has 1 amide bonds. The zero-order chi connectivity index (χ0) is 18.2. The topological polar surface area (TPSA) is 78.8 Å². The Balaban J connectivity index is 1.74. The first-order valence-corrected chi connectivity index (χ1v) is 8.11. The molecule has 2 rings (SSSR count). The lowest BCUT2D eigenvalue weighted by atomic mass is 10.0.